The summed E-state index contributed by atoms with van der Waals surface area (Å²) in [5.41, 5.74) is 0. The number of benzene rings is 1. The van der Waals surface area contributed by atoms with Crippen LogP contribution in [0.2, 0.25) is 5.02 Å². The van der Waals surface area contributed by atoms with Gasteiger partial charge in [-0.2, -0.15) is 4.31 Å². The quantitative estimate of drug-likeness (QED) is 0.759. The van der Waals surface area contributed by atoms with Crippen molar-refractivity contribution in [1.82, 2.24) is 9.21 Å². The summed E-state index contributed by atoms with van der Waals surface area (Å²) in [5, 5.41) is 0.322. The summed E-state index contributed by atoms with van der Waals surface area (Å²) < 4.78 is 32.5. The predicted molar refractivity (Wildman–Crippen MR) is 104 cm³/mol. The lowest BCUT2D eigenvalue weighted by molar-refractivity contribution is 0.142. The maximum atomic E-state index is 12.9. The summed E-state index contributed by atoms with van der Waals surface area (Å²) in [6.07, 6.45) is 4.42. The van der Waals surface area contributed by atoms with E-state index in [0.717, 1.165) is 25.3 Å². The zero-order valence-electron chi connectivity index (χ0n) is 15.7. The monoisotopic (exact) mass is 400 g/mol. The first-order chi connectivity index (χ1) is 12.4. The SMILES string of the molecule is COc1ccc(S(=O)(=O)N2CCC(CN3CCC(C)CC3)CC2)cc1Cl. The normalized spacial score (nSPS) is 21.8. The smallest absolute Gasteiger partial charge is 0.243 e. The van der Waals surface area contributed by atoms with Crippen LogP contribution in [0.15, 0.2) is 23.1 Å². The molecule has 1 aromatic rings. The van der Waals surface area contributed by atoms with Crippen LogP contribution in [0.4, 0.5) is 0 Å². The van der Waals surface area contributed by atoms with Crippen molar-refractivity contribution in [2.45, 2.75) is 37.5 Å². The van der Waals surface area contributed by atoms with Crippen LogP contribution in [-0.4, -0.2) is 57.5 Å². The maximum absolute atomic E-state index is 12.9. The molecule has 0 bridgehead atoms. The molecule has 2 aliphatic rings. The number of rotatable bonds is 5. The molecule has 146 valence electrons. The van der Waals surface area contributed by atoms with Crippen molar-refractivity contribution >= 4 is 21.6 Å². The highest BCUT2D eigenvalue weighted by Gasteiger charge is 2.31. The molecule has 0 radical (unpaired) electrons. The van der Waals surface area contributed by atoms with Crippen molar-refractivity contribution in [2.24, 2.45) is 11.8 Å². The Morgan fingerprint density at radius 3 is 2.35 bits per heavy atom. The lowest BCUT2D eigenvalue weighted by atomic mass is 9.94. The zero-order chi connectivity index (χ0) is 18.7. The van der Waals surface area contributed by atoms with Crippen LogP contribution >= 0.6 is 11.6 Å². The number of halogens is 1. The number of likely N-dealkylation sites (tertiary alicyclic amines) is 1. The van der Waals surface area contributed by atoms with Gasteiger partial charge in [0.05, 0.1) is 17.0 Å². The molecule has 0 N–H and O–H groups in total. The minimum absolute atomic E-state index is 0.242. The molecule has 0 aromatic heterocycles. The highest BCUT2D eigenvalue weighted by molar-refractivity contribution is 7.89. The molecule has 2 fully saturated rings. The Bertz CT molecular complexity index is 709. The van der Waals surface area contributed by atoms with E-state index < -0.39 is 10.0 Å². The second kappa shape index (κ2) is 8.46. The van der Waals surface area contributed by atoms with E-state index in [-0.39, 0.29) is 4.90 Å². The van der Waals surface area contributed by atoms with Crippen LogP contribution < -0.4 is 4.74 Å². The van der Waals surface area contributed by atoms with Crippen LogP contribution in [0, 0.1) is 11.8 Å². The summed E-state index contributed by atoms with van der Waals surface area (Å²) in [6.45, 7) is 6.97. The fourth-order valence-electron chi connectivity index (χ4n) is 3.90. The molecule has 26 heavy (non-hydrogen) atoms. The number of hydrogen-bond acceptors (Lipinski definition) is 4. The van der Waals surface area contributed by atoms with Gasteiger partial charge in [0.15, 0.2) is 0 Å². The fourth-order valence-corrected chi connectivity index (χ4v) is 5.72. The Morgan fingerprint density at radius 2 is 1.77 bits per heavy atom. The molecule has 0 spiro atoms. The van der Waals surface area contributed by atoms with Gasteiger partial charge in [-0.15, -0.1) is 0 Å². The first-order valence-corrected chi connectivity index (χ1v) is 11.3. The Hall–Kier alpha value is -0.820. The van der Waals surface area contributed by atoms with Crippen LogP contribution in [-0.2, 0) is 10.0 Å². The van der Waals surface area contributed by atoms with E-state index in [9.17, 15) is 8.42 Å². The van der Waals surface area contributed by atoms with Crippen molar-refractivity contribution in [3.63, 3.8) is 0 Å². The minimum atomic E-state index is -3.49. The second-order valence-corrected chi connectivity index (χ2v) is 9.97. The van der Waals surface area contributed by atoms with E-state index in [1.54, 1.807) is 16.4 Å². The number of methoxy groups -OCH3 is 1. The van der Waals surface area contributed by atoms with Gasteiger partial charge < -0.3 is 9.64 Å². The van der Waals surface area contributed by atoms with E-state index in [4.69, 9.17) is 16.3 Å². The van der Waals surface area contributed by atoms with E-state index >= 15 is 0 Å². The van der Waals surface area contributed by atoms with Crippen LogP contribution in [0.1, 0.15) is 32.6 Å². The number of nitrogens with zero attached hydrogens (tertiary/aromatic N) is 2. The van der Waals surface area contributed by atoms with Crippen LogP contribution in [0.5, 0.6) is 5.75 Å². The van der Waals surface area contributed by atoms with E-state index in [1.165, 1.54) is 39.1 Å². The van der Waals surface area contributed by atoms with Crippen molar-refractivity contribution in [3.05, 3.63) is 23.2 Å². The van der Waals surface area contributed by atoms with Crippen molar-refractivity contribution in [2.75, 3.05) is 39.8 Å². The first-order valence-electron chi connectivity index (χ1n) is 9.46. The highest BCUT2D eigenvalue weighted by atomic mass is 35.5. The number of ether oxygens (including phenoxy) is 1. The third-order valence-corrected chi connectivity index (χ3v) is 7.92. The van der Waals surface area contributed by atoms with E-state index in [2.05, 4.69) is 11.8 Å². The minimum Gasteiger partial charge on any atom is -0.495 e. The van der Waals surface area contributed by atoms with Crippen LogP contribution in [0.3, 0.4) is 0 Å². The van der Waals surface area contributed by atoms with Crippen LogP contribution in [0.25, 0.3) is 0 Å². The van der Waals surface area contributed by atoms with Gasteiger partial charge in [-0.3, -0.25) is 0 Å². The van der Waals surface area contributed by atoms with Gasteiger partial charge in [0, 0.05) is 19.6 Å². The van der Waals surface area contributed by atoms with Gasteiger partial charge in [-0.05, 0) is 68.8 Å². The second-order valence-electron chi connectivity index (χ2n) is 7.63. The predicted octanol–water partition coefficient (Wildman–Crippen LogP) is 3.48. The largest absolute Gasteiger partial charge is 0.495 e. The molecule has 2 saturated heterocycles. The van der Waals surface area contributed by atoms with Gasteiger partial charge in [-0.25, -0.2) is 8.42 Å². The van der Waals surface area contributed by atoms with Gasteiger partial charge in [0.1, 0.15) is 5.75 Å². The van der Waals surface area contributed by atoms with Crippen molar-refractivity contribution in [3.8, 4) is 5.75 Å². The topological polar surface area (TPSA) is 49.9 Å². The summed E-state index contributed by atoms with van der Waals surface area (Å²) in [4.78, 5) is 2.80. The lowest BCUT2D eigenvalue weighted by Crippen LogP contribution is -2.43. The summed E-state index contributed by atoms with van der Waals surface area (Å²) in [5.74, 6) is 1.92. The Balaban J connectivity index is 1.57. The molecule has 7 heteroatoms. The number of piperidine rings is 2. The Labute approximate surface area is 162 Å². The standard InChI is InChI=1S/C19H29ClN2O3S/c1-15-5-9-21(10-6-15)14-16-7-11-22(12-8-16)26(23,24)17-3-4-19(25-2)18(20)13-17/h3-4,13,15-16H,5-12,14H2,1-2H3. The average molecular weight is 401 g/mol. The van der Waals surface area contributed by atoms with Gasteiger partial charge >= 0.3 is 0 Å². The molecule has 2 aliphatic heterocycles. The zero-order valence-corrected chi connectivity index (χ0v) is 17.2. The molecule has 2 heterocycles. The molecule has 0 saturated carbocycles. The molecule has 0 aliphatic carbocycles. The van der Waals surface area contributed by atoms with Gasteiger partial charge in [0.25, 0.3) is 0 Å². The lowest BCUT2D eigenvalue weighted by Gasteiger charge is -2.36. The Morgan fingerprint density at radius 1 is 1.12 bits per heavy atom. The molecule has 0 atom stereocenters. The molecular weight excluding hydrogens is 372 g/mol. The molecule has 5 nitrogen and oxygen atoms in total. The summed E-state index contributed by atoms with van der Waals surface area (Å²) >= 11 is 6.10. The van der Waals surface area contributed by atoms with Gasteiger partial charge in [-0.1, -0.05) is 18.5 Å². The summed E-state index contributed by atoms with van der Waals surface area (Å²) in [6, 6.07) is 4.66. The van der Waals surface area contributed by atoms with E-state index in [0.29, 0.717) is 29.8 Å². The third kappa shape index (κ3) is 4.53. The average Bonchev–Trinajstić information content (AvgIpc) is 2.64. The van der Waals surface area contributed by atoms with E-state index in [1.807, 2.05) is 0 Å². The molecular formula is C19H29ClN2O3S. The van der Waals surface area contributed by atoms with Crippen molar-refractivity contribution < 1.29 is 13.2 Å². The fraction of sp³-hybridized carbons (Fsp3) is 0.684. The highest BCUT2D eigenvalue weighted by Crippen LogP contribution is 2.30. The Kier molecular flexibility index (Phi) is 6.49. The summed E-state index contributed by atoms with van der Waals surface area (Å²) in [7, 11) is -1.98. The number of hydrogen-bond donors (Lipinski definition) is 0. The third-order valence-electron chi connectivity index (χ3n) is 5.73. The molecule has 1 aromatic carbocycles. The molecule has 0 amide bonds. The molecule has 3 rings (SSSR count). The van der Waals surface area contributed by atoms with Gasteiger partial charge in [0.2, 0.25) is 10.0 Å². The maximum Gasteiger partial charge on any atom is 0.243 e. The first kappa shape index (κ1) is 19.9. The number of sulfonamides is 1. The molecule has 0 unspecified atom stereocenters. The van der Waals surface area contributed by atoms with Crippen molar-refractivity contribution in [1.29, 1.82) is 0 Å².